The number of hydrogen-bond donors (Lipinski definition) is 1. The Morgan fingerprint density at radius 3 is 3.05 bits per heavy atom. The smallest absolute Gasteiger partial charge is 0.293 e. The largest absolute Gasteiger partial charge is 0.448 e. The van der Waals surface area contributed by atoms with E-state index in [4.69, 9.17) is 4.42 Å². The number of nitrogens with zero attached hydrogens (tertiary/aromatic N) is 1. The molecule has 0 unspecified atom stereocenters. The summed E-state index contributed by atoms with van der Waals surface area (Å²) in [7, 11) is 0. The number of benzene rings is 1. The number of para-hydroxylation sites is 1. The van der Waals surface area contributed by atoms with Crippen LogP contribution in [0.3, 0.4) is 0 Å². The third-order valence-electron chi connectivity index (χ3n) is 2.93. The first kappa shape index (κ1) is 12.2. The van der Waals surface area contributed by atoms with Crippen LogP contribution in [0.4, 0.5) is 4.39 Å². The normalized spacial score (nSPS) is 14.7. The Kier molecular flexibility index (Phi) is 3.02. The van der Waals surface area contributed by atoms with Crippen LogP contribution in [0.15, 0.2) is 27.6 Å². The number of aliphatic imine (C=N–C) groups is 1. The first-order valence-corrected chi connectivity index (χ1v) is 6.81. The molecule has 2 heterocycles. The highest BCUT2D eigenvalue weighted by molar-refractivity contribution is 8.14. The molecule has 1 aromatic carbocycles. The fourth-order valence-electron chi connectivity index (χ4n) is 1.99. The van der Waals surface area contributed by atoms with Crippen LogP contribution in [0.5, 0.6) is 0 Å². The average Bonchev–Trinajstić information content (AvgIpc) is 2.99. The number of fused-ring (bicyclic) bond motifs is 1. The van der Waals surface area contributed by atoms with Crippen molar-refractivity contribution in [2.45, 2.75) is 6.92 Å². The predicted molar refractivity (Wildman–Crippen MR) is 73.1 cm³/mol. The van der Waals surface area contributed by atoms with E-state index in [1.54, 1.807) is 19.1 Å². The van der Waals surface area contributed by atoms with Gasteiger partial charge in [-0.05, 0) is 13.0 Å². The zero-order valence-electron chi connectivity index (χ0n) is 10.2. The maximum Gasteiger partial charge on any atom is 0.293 e. The number of rotatable bonds is 1. The zero-order valence-corrected chi connectivity index (χ0v) is 11.0. The van der Waals surface area contributed by atoms with Gasteiger partial charge in [-0.15, -0.1) is 0 Å². The van der Waals surface area contributed by atoms with Gasteiger partial charge in [-0.1, -0.05) is 23.9 Å². The SMILES string of the molecule is Cc1c(C(=O)NC2=NCCS2)oc2c(F)cccc12. The molecule has 0 saturated heterocycles. The summed E-state index contributed by atoms with van der Waals surface area (Å²) in [6, 6.07) is 4.64. The molecule has 1 amide bonds. The molecule has 0 bridgehead atoms. The molecular weight excluding hydrogens is 267 g/mol. The lowest BCUT2D eigenvalue weighted by Crippen LogP contribution is -2.27. The summed E-state index contributed by atoms with van der Waals surface area (Å²) < 4.78 is 18.9. The Bertz CT molecular complexity index is 693. The Morgan fingerprint density at radius 1 is 1.53 bits per heavy atom. The Balaban J connectivity index is 1.98. The number of thioether (sulfide) groups is 1. The van der Waals surface area contributed by atoms with Gasteiger partial charge in [0.25, 0.3) is 5.91 Å². The van der Waals surface area contributed by atoms with E-state index in [-0.39, 0.29) is 17.3 Å². The fraction of sp³-hybridized carbons (Fsp3) is 0.231. The van der Waals surface area contributed by atoms with Gasteiger partial charge in [0.2, 0.25) is 0 Å². The van der Waals surface area contributed by atoms with Crippen molar-refractivity contribution >= 4 is 33.8 Å². The molecule has 19 heavy (non-hydrogen) atoms. The molecular formula is C13H11FN2O2S. The minimum Gasteiger partial charge on any atom is -0.448 e. The molecule has 0 radical (unpaired) electrons. The summed E-state index contributed by atoms with van der Waals surface area (Å²) in [5.74, 6) is 0.146. The van der Waals surface area contributed by atoms with E-state index in [0.29, 0.717) is 22.7 Å². The Hall–Kier alpha value is -1.82. The number of nitrogens with one attached hydrogen (secondary N) is 1. The fourth-order valence-corrected chi connectivity index (χ4v) is 2.71. The van der Waals surface area contributed by atoms with Crippen LogP contribution in [0.1, 0.15) is 16.1 Å². The minimum atomic E-state index is -0.466. The predicted octanol–water partition coefficient (Wildman–Crippen LogP) is 2.71. The Morgan fingerprint density at radius 2 is 2.37 bits per heavy atom. The highest BCUT2D eigenvalue weighted by Crippen LogP contribution is 2.27. The van der Waals surface area contributed by atoms with E-state index in [9.17, 15) is 9.18 Å². The first-order valence-electron chi connectivity index (χ1n) is 5.83. The topological polar surface area (TPSA) is 54.6 Å². The molecule has 1 aromatic heterocycles. The summed E-state index contributed by atoms with van der Waals surface area (Å²) in [5, 5.41) is 3.88. The van der Waals surface area contributed by atoms with Gasteiger partial charge in [0.1, 0.15) is 0 Å². The van der Waals surface area contributed by atoms with Gasteiger partial charge in [-0.25, -0.2) is 4.39 Å². The summed E-state index contributed by atoms with van der Waals surface area (Å²) >= 11 is 1.48. The molecule has 0 atom stereocenters. The molecule has 1 N–H and O–H groups in total. The van der Waals surface area contributed by atoms with Crippen LogP contribution in [-0.2, 0) is 0 Å². The molecule has 0 saturated carbocycles. The molecule has 3 rings (SSSR count). The average molecular weight is 278 g/mol. The number of halogens is 1. The number of carbonyl (C=O) groups is 1. The summed E-state index contributed by atoms with van der Waals surface area (Å²) in [6.45, 7) is 2.44. The van der Waals surface area contributed by atoms with Gasteiger partial charge >= 0.3 is 0 Å². The number of furan rings is 1. The van der Waals surface area contributed by atoms with Crippen molar-refractivity contribution in [3.05, 3.63) is 35.3 Å². The van der Waals surface area contributed by atoms with Crippen LogP contribution < -0.4 is 5.32 Å². The molecule has 4 nitrogen and oxygen atoms in total. The van der Waals surface area contributed by atoms with E-state index >= 15 is 0 Å². The van der Waals surface area contributed by atoms with Crippen molar-refractivity contribution in [2.24, 2.45) is 4.99 Å². The van der Waals surface area contributed by atoms with Gasteiger partial charge in [0, 0.05) is 16.7 Å². The van der Waals surface area contributed by atoms with Gasteiger partial charge in [-0.3, -0.25) is 15.1 Å². The van der Waals surface area contributed by atoms with Crippen LogP contribution in [0, 0.1) is 12.7 Å². The molecule has 6 heteroatoms. The first-order chi connectivity index (χ1) is 9.16. The highest BCUT2D eigenvalue weighted by Gasteiger charge is 2.21. The van der Waals surface area contributed by atoms with Crippen LogP contribution in [-0.4, -0.2) is 23.4 Å². The van der Waals surface area contributed by atoms with Crippen LogP contribution >= 0.6 is 11.8 Å². The molecule has 0 aliphatic carbocycles. The monoisotopic (exact) mass is 278 g/mol. The van der Waals surface area contributed by atoms with E-state index in [1.165, 1.54) is 17.8 Å². The Labute approximate surface area is 113 Å². The molecule has 0 fully saturated rings. The van der Waals surface area contributed by atoms with Gasteiger partial charge in [0.05, 0.1) is 6.54 Å². The van der Waals surface area contributed by atoms with Crippen molar-refractivity contribution in [3.63, 3.8) is 0 Å². The van der Waals surface area contributed by atoms with E-state index in [1.807, 2.05) is 0 Å². The number of amides is 1. The molecule has 2 aromatic rings. The third-order valence-corrected chi connectivity index (χ3v) is 3.82. The summed E-state index contributed by atoms with van der Waals surface area (Å²) in [4.78, 5) is 16.2. The zero-order chi connectivity index (χ0) is 13.4. The maximum absolute atomic E-state index is 13.6. The number of amidine groups is 1. The molecule has 1 aliphatic heterocycles. The summed E-state index contributed by atoms with van der Waals surface area (Å²) in [6.07, 6.45) is 0. The third kappa shape index (κ3) is 2.12. The standard InChI is InChI=1S/C13H11FN2O2S/c1-7-8-3-2-4-9(14)11(8)18-10(7)12(17)16-13-15-5-6-19-13/h2-4H,5-6H2,1H3,(H,15,16,17). The van der Waals surface area contributed by atoms with Crippen molar-refractivity contribution in [3.8, 4) is 0 Å². The molecule has 0 spiro atoms. The van der Waals surface area contributed by atoms with Crippen molar-refractivity contribution in [1.29, 1.82) is 0 Å². The number of carbonyl (C=O) groups excluding carboxylic acids is 1. The van der Waals surface area contributed by atoms with Gasteiger partial charge in [0.15, 0.2) is 22.3 Å². The van der Waals surface area contributed by atoms with Crippen molar-refractivity contribution in [1.82, 2.24) is 5.32 Å². The molecule has 98 valence electrons. The highest BCUT2D eigenvalue weighted by atomic mass is 32.2. The van der Waals surface area contributed by atoms with Crippen LogP contribution in [0.25, 0.3) is 11.0 Å². The van der Waals surface area contributed by atoms with Crippen molar-refractivity contribution in [2.75, 3.05) is 12.3 Å². The van der Waals surface area contributed by atoms with Crippen LogP contribution in [0.2, 0.25) is 0 Å². The second-order valence-electron chi connectivity index (χ2n) is 4.16. The maximum atomic E-state index is 13.6. The van der Waals surface area contributed by atoms with E-state index in [2.05, 4.69) is 10.3 Å². The van der Waals surface area contributed by atoms with E-state index in [0.717, 1.165) is 5.75 Å². The number of aryl methyl sites for hydroxylation is 1. The summed E-state index contributed by atoms with van der Waals surface area (Å²) in [5.41, 5.74) is 0.752. The van der Waals surface area contributed by atoms with Gasteiger partial charge < -0.3 is 4.42 Å². The second-order valence-corrected chi connectivity index (χ2v) is 5.25. The lowest BCUT2D eigenvalue weighted by atomic mass is 10.1. The van der Waals surface area contributed by atoms with E-state index < -0.39 is 5.82 Å². The lowest BCUT2D eigenvalue weighted by Gasteiger charge is -2.01. The quantitative estimate of drug-likeness (QED) is 0.872. The minimum absolute atomic E-state index is 0.117. The molecule has 1 aliphatic rings. The van der Waals surface area contributed by atoms with Crippen molar-refractivity contribution < 1.29 is 13.6 Å². The second kappa shape index (κ2) is 4.70. The van der Waals surface area contributed by atoms with Gasteiger partial charge in [-0.2, -0.15) is 0 Å². The lowest BCUT2D eigenvalue weighted by molar-refractivity contribution is 0.0952. The number of hydrogen-bond acceptors (Lipinski definition) is 4.